The summed E-state index contributed by atoms with van der Waals surface area (Å²) in [6.45, 7) is 5.85. The summed E-state index contributed by atoms with van der Waals surface area (Å²) in [5, 5.41) is 2.99. The summed E-state index contributed by atoms with van der Waals surface area (Å²) in [7, 11) is 0. The fourth-order valence-corrected chi connectivity index (χ4v) is 3.07. The van der Waals surface area contributed by atoms with E-state index in [0.29, 0.717) is 31.1 Å². The molecule has 1 aromatic heterocycles. The van der Waals surface area contributed by atoms with Crippen molar-refractivity contribution in [3.63, 3.8) is 0 Å². The molecular formula is C16H23F3N2O2. The summed E-state index contributed by atoms with van der Waals surface area (Å²) >= 11 is 0. The summed E-state index contributed by atoms with van der Waals surface area (Å²) < 4.78 is 41.7. The highest BCUT2D eigenvalue weighted by Gasteiger charge is 2.36. The Balaban J connectivity index is 1.89. The fraction of sp³-hybridized carbons (Fsp3) is 0.688. The molecule has 1 aromatic rings. The first-order chi connectivity index (χ1) is 10.8. The average molecular weight is 332 g/mol. The van der Waals surface area contributed by atoms with E-state index in [1.807, 2.05) is 4.90 Å². The lowest BCUT2D eigenvalue weighted by atomic mass is 9.91. The van der Waals surface area contributed by atoms with Crippen molar-refractivity contribution in [3.8, 4) is 0 Å². The van der Waals surface area contributed by atoms with Crippen LogP contribution in [-0.4, -0.2) is 42.7 Å². The predicted molar refractivity (Wildman–Crippen MR) is 80.0 cm³/mol. The third-order valence-corrected chi connectivity index (χ3v) is 4.33. The van der Waals surface area contributed by atoms with E-state index in [2.05, 4.69) is 19.2 Å². The zero-order chi connectivity index (χ0) is 17.0. The quantitative estimate of drug-likeness (QED) is 0.869. The van der Waals surface area contributed by atoms with E-state index in [4.69, 9.17) is 4.42 Å². The summed E-state index contributed by atoms with van der Waals surface area (Å²) in [6, 6.07) is 1.54. The van der Waals surface area contributed by atoms with Crippen LogP contribution in [0.3, 0.4) is 0 Å². The Morgan fingerprint density at radius 1 is 1.43 bits per heavy atom. The van der Waals surface area contributed by atoms with Gasteiger partial charge in [0, 0.05) is 25.6 Å². The van der Waals surface area contributed by atoms with Gasteiger partial charge in [0.15, 0.2) is 0 Å². The highest BCUT2D eigenvalue weighted by molar-refractivity contribution is 5.94. The van der Waals surface area contributed by atoms with Crippen LogP contribution < -0.4 is 5.32 Å². The zero-order valence-corrected chi connectivity index (χ0v) is 13.4. The van der Waals surface area contributed by atoms with E-state index in [1.54, 1.807) is 6.07 Å². The Kier molecular flexibility index (Phi) is 5.73. The minimum absolute atomic E-state index is 0.0525. The standard InChI is InChI=1S/C16H23F3N2O2/c1-11(2)13-8-21(6-3-5-16(17,18)19)9-14(13)20-15(22)12-4-7-23-10-12/h4,7,10-11,13-14H,3,5-6,8-9H2,1-2H3,(H,20,22)/t13-,14+/m0/s1. The number of nitrogens with one attached hydrogen (secondary N) is 1. The molecule has 2 atom stereocenters. The van der Waals surface area contributed by atoms with Crippen LogP contribution >= 0.6 is 0 Å². The van der Waals surface area contributed by atoms with Crippen LogP contribution in [0.2, 0.25) is 0 Å². The molecule has 0 unspecified atom stereocenters. The van der Waals surface area contributed by atoms with Gasteiger partial charge in [0.1, 0.15) is 6.26 Å². The maximum atomic E-state index is 12.3. The number of furan rings is 1. The van der Waals surface area contributed by atoms with Gasteiger partial charge >= 0.3 is 6.18 Å². The molecule has 2 heterocycles. The zero-order valence-electron chi connectivity index (χ0n) is 13.4. The minimum atomic E-state index is -4.11. The number of amides is 1. The van der Waals surface area contributed by atoms with Gasteiger partial charge in [0.2, 0.25) is 0 Å². The number of carbonyl (C=O) groups is 1. The van der Waals surface area contributed by atoms with Crippen molar-refractivity contribution in [1.82, 2.24) is 10.2 Å². The number of nitrogens with zero attached hydrogens (tertiary/aromatic N) is 1. The molecule has 4 nitrogen and oxygen atoms in total. The molecule has 23 heavy (non-hydrogen) atoms. The lowest BCUT2D eigenvalue weighted by molar-refractivity contribution is -0.136. The van der Waals surface area contributed by atoms with Gasteiger partial charge in [-0.2, -0.15) is 13.2 Å². The molecule has 0 radical (unpaired) electrons. The van der Waals surface area contributed by atoms with Crippen LogP contribution in [0, 0.1) is 11.8 Å². The topological polar surface area (TPSA) is 45.5 Å². The van der Waals surface area contributed by atoms with Crippen molar-refractivity contribution in [2.75, 3.05) is 19.6 Å². The van der Waals surface area contributed by atoms with E-state index >= 15 is 0 Å². The number of carbonyl (C=O) groups excluding carboxylic acids is 1. The average Bonchev–Trinajstić information content (AvgIpc) is 3.06. The molecule has 2 rings (SSSR count). The van der Waals surface area contributed by atoms with Gasteiger partial charge in [-0.1, -0.05) is 13.8 Å². The minimum Gasteiger partial charge on any atom is -0.472 e. The molecule has 0 aliphatic carbocycles. The molecule has 0 spiro atoms. The molecule has 130 valence electrons. The van der Waals surface area contributed by atoms with E-state index < -0.39 is 12.6 Å². The van der Waals surface area contributed by atoms with E-state index in [0.717, 1.165) is 0 Å². The van der Waals surface area contributed by atoms with Gasteiger partial charge in [-0.15, -0.1) is 0 Å². The third kappa shape index (κ3) is 5.27. The van der Waals surface area contributed by atoms with Crippen LogP contribution in [0.5, 0.6) is 0 Å². The number of hydrogen-bond acceptors (Lipinski definition) is 3. The van der Waals surface area contributed by atoms with Crippen LogP contribution in [0.25, 0.3) is 0 Å². The predicted octanol–water partition coefficient (Wildman–Crippen LogP) is 3.31. The largest absolute Gasteiger partial charge is 0.472 e. The number of hydrogen-bond donors (Lipinski definition) is 1. The second-order valence-electron chi connectivity index (χ2n) is 6.48. The SMILES string of the molecule is CC(C)[C@@H]1CN(CCCC(F)(F)F)C[C@H]1NC(=O)c1ccoc1. The van der Waals surface area contributed by atoms with Gasteiger partial charge in [-0.05, 0) is 30.9 Å². The van der Waals surface area contributed by atoms with E-state index in [9.17, 15) is 18.0 Å². The van der Waals surface area contributed by atoms with Gasteiger partial charge in [0.05, 0.1) is 11.8 Å². The lowest BCUT2D eigenvalue weighted by Crippen LogP contribution is -2.41. The maximum Gasteiger partial charge on any atom is 0.389 e. The third-order valence-electron chi connectivity index (χ3n) is 4.33. The van der Waals surface area contributed by atoms with Gasteiger partial charge < -0.3 is 14.6 Å². The molecule has 1 saturated heterocycles. The molecule has 1 N–H and O–H groups in total. The van der Waals surface area contributed by atoms with E-state index in [-0.39, 0.29) is 24.3 Å². The highest BCUT2D eigenvalue weighted by Crippen LogP contribution is 2.26. The van der Waals surface area contributed by atoms with Crippen molar-refractivity contribution in [2.24, 2.45) is 11.8 Å². The number of likely N-dealkylation sites (tertiary alicyclic amines) is 1. The molecule has 1 aliphatic heterocycles. The summed E-state index contributed by atoms with van der Waals surface area (Å²) in [5.41, 5.74) is 0.461. The summed E-state index contributed by atoms with van der Waals surface area (Å²) in [6.07, 6.45) is -1.95. The van der Waals surface area contributed by atoms with Crippen molar-refractivity contribution in [2.45, 2.75) is 38.9 Å². The van der Waals surface area contributed by atoms with Crippen molar-refractivity contribution in [3.05, 3.63) is 24.2 Å². The molecule has 1 fully saturated rings. The first-order valence-corrected chi connectivity index (χ1v) is 7.88. The van der Waals surface area contributed by atoms with Crippen LogP contribution in [0.4, 0.5) is 13.2 Å². The van der Waals surface area contributed by atoms with Crippen molar-refractivity contribution in [1.29, 1.82) is 0 Å². The first-order valence-electron chi connectivity index (χ1n) is 7.88. The molecule has 0 aromatic carbocycles. The smallest absolute Gasteiger partial charge is 0.389 e. The van der Waals surface area contributed by atoms with Crippen molar-refractivity contribution >= 4 is 5.91 Å². The van der Waals surface area contributed by atoms with Gasteiger partial charge in [-0.3, -0.25) is 4.79 Å². The summed E-state index contributed by atoms with van der Waals surface area (Å²) in [4.78, 5) is 14.2. The first kappa shape index (κ1) is 17.8. The Bertz CT molecular complexity index is 500. The normalized spacial score (nSPS) is 22.7. The number of rotatable bonds is 6. The Morgan fingerprint density at radius 3 is 2.74 bits per heavy atom. The highest BCUT2D eigenvalue weighted by atomic mass is 19.4. The molecule has 1 amide bonds. The maximum absolute atomic E-state index is 12.3. The van der Waals surface area contributed by atoms with Crippen molar-refractivity contribution < 1.29 is 22.4 Å². The number of alkyl halides is 3. The molecule has 1 aliphatic rings. The fourth-order valence-electron chi connectivity index (χ4n) is 3.07. The van der Waals surface area contributed by atoms with Crippen LogP contribution in [0.1, 0.15) is 37.0 Å². The molecular weight excluding hydrogens is 309 g/mol. The Morgan fingerprint density at radius 2 is 2.17 bits per heavy atom. The van der Waals surface area contributed by atoms with E-state index in [1.165, 1.54) is 12.5 Å². The summed E-state index contributed by atoms with van der Waals surface area (Å²) in [5.74, 6) is 0.376. The second-order valence-corrected chi connectivity index (χ2v) is 6.48. The Labute approximate surface area is 134 Å². The second kappa shape index (κ2) is 7.38. The van der Waals surface area contributed by atoms with Crippen LogP contribution in [0.15, 0.2) is 23.0 Å². The molecule has 0 saturated carbocycles. The van der Waals surface area contributed by atoms with Gasteiger partial charge in [-0.25, -0.2) is 0 Å². The Hall–Kier alpha value is -1.50. The monoisotopic (exact) mass is 332 g/mol. The molecule has 0 bridgehead atoms. The molecule has 7 heteroatoms. The lowest BCUT2D eigenvalue weighted by Gasteiger charge is -2.22. The van der Waals surface area contributed by atoms with Gasteiger partial charge in [0.25, 0.3) is 5.91 Å². The number of halogens is 3. The van der Waals surface area contributed by atoms with Crippen LogP contribution in [-0.2, 0) is 0 Å².